The van der Waals surface area contributed by atoms with Crippen molar-refractivity contribution in [3.05, 3.63) is 24.3 Å². The first-order chi connectivity index (χ1) is 10.7. The molecule has 0 aromatic heterocycles. The Labute approximate surface area is 143 Å². The van der Waals surface area contributed by atoms with Gasteiger partial charge in [-0.25, -0.2) is 0 Å². The number of hydrogen-bond acceptors (Lipinski definition) is 4. The third-order valence-corrected chi connectivity index (χ3v) is 3.53. The largest absolute Gasteiger partial charge is 0.383 e. The van der Waals surface area contributed by atoms with Gasteiger partial charge < -0.3 is 20.3 Å². The van der Waals surface area contributed by atoms with Gasteiger partial charge in [-0.3, -0.25) is 9.59 Å². The number of nitrogens with one attached hydrogen (secondary N) is 2. The van der Waals surface area contributed by atoms with E-state index in [1.165, 1.54) is 0 Å². The normalized spacial score (nSPS) is 14.3. The van der Waals surface area contributed by atoms with Gasteiger partial charge in [-0.1, -0.05) is 6.07 Å². The van der Waals surface area contributed by atoms with E-state index in [0.717, 1.165) is 25.1 Å². The number of hydrogen-bond donors (Lipinski definition) is 2. The van der Waals surface area contributed by atoms with Crippen LogP contribution >= 0.6 is 12.4 Å². The van der Waals surface area contributed by atoms with Gasteiger partial charge in [0.2, 0.25) is 11.8 Å². The number of halogens is 1. The molecule has 1 fully saturated rings. The maximum atomic E-state index is 11.9. The molecule has 1 aromatic carbocycles. The second-order valence-electron chi connectivity index (χ2n) is 5.27. The van der Waals surface area contributed by atoms with Crippen molar-refractivity contribution in [2.24, 2.45) is 0 Å². The Morgan fingerprint density at radius 1 is 1.35 bits per heavy atom. The minimum atomic E-state index is -0.113. The Bertz CT molecular complexity index is 525. The lowest BCUT2D eigenvalue weighted by atomic mass is 10.1. The van der Waals surface area contributed by atoms with E-state index < -0.39 is 0 Å². The summed E-state index contributed by atoms with van der Waals surface area (Å²) < 4.78 is 4.90. The van der Waals surface area contributed by atoms with Crippen LogP contribution in [0.2, 0.25) is 0 Å². The first-order valence-corrected chi connectivity index (χ1v) is 7.60. The monoisotopic (exact) mass is 341 g/mol. The molecule has 1 saturated heterocycles. The Morgan fingerprint density at radius 2 is 2.17 bits per heavy atom. The van der Waals surface area contributed by atoms with Crippen molar-refractivity contribution in [2.75, 3.05) is 43.6 Å². The number of benzene rings is 1. The smallest absolute Gasteiger partial charge is 0.238 e. The molecule has 23 heavy (non-hydrogen) atoms. The molecule has 1 aromatic rings. The molecule has 0 bridgehead atoms. The van der Waals surface area contributed by atoms with Crippen LogP contribution in [0.15, 0.2) is 24.3 Å². The summed E-state index contributed by atoms with van der Waals surface area (Å²) in [6, 6.07) is 7.42. The number of carbonyl (C=O) groups excluding carboxylic acids is 2. The molecular weight excluding hydrogens is 318 g/mol. The quantitative estimate of drug-likeness (QED) is 0.742. The molecule has 2 N–H and O–H groups in total. The molecule has 0 spiro atoms. The van der Waals surface area contributed by atoms with E-state index in [2.05, 4.69) is 10.6 Å². The van der Waals surface area contributed by atoms with Gasteiger partial charge in [-0.15, -0.1) is 12.4 Å². The Hall–Kier alpha value is -1.63. The number of carbonyl (C=O) groups is 2. The molecule has 128 valence electrons. The minimum absolute atomic E-state index is 0. The SMILES string of the molecule is COCCNCC(=O)Nc1cccc(N2CCCCC2=O)c1.Cl. The molecule has 1 heterocycles. The fourth-order valence-electron chi connectivity index (χ4n) is 2.41. The van der Waals surface area contributed by atoms with Gasteiger partial charge >= 0.3 is 0 Å². The molecule has 0 radical (unpaired) electrons. The zero-order chi connectivity index (χ0) is 15.8. The van der Waals surface area contributed by atoms with Crippen LogP contribution in [-0.2, 0) is 14.3 Å². The molecule has 0 aliphatic carbocycles. The van der Waals surface area contributed by atoms with Crippen LogP contribution in [0.5, 0.6) is 0 Å². The summed E-state index contributed by atoms with van der Waals surface area (Å²) in [6.45, 7) is 2.18. The number of anilines is 2. The molecule has 2 amide bonds. The summed E-state index contributed by atoms with van der Waals surface area (Å²) >= 11 is 0. The van der Waals surface area contributed by atoms with Crippen molar-refractivity contribution < 1.29 is 14.3 Å². The van der Waals surface area contributed by atoms with Crippen molar-refractivity contribution in [1.29, 1.82) is 0 Å². The molecular formula is C16H24ClN3O3. The lowest BCUT2D eigenvalue weighted by molar-refractivity contribution is -0.119. The average Bonchev–Trinajstić information content (AvgIpc) is 2.52. The third-order valence-electron chi connectivity index (χ3n) is 3.53. The molecule has 0 saturated carbocycles. The van der Waals surface area contributed by atoms with Gasteiger partial charge in [0.05, 0.1) is 13.2 Å². The fraction of sp³-hybridized carbons (Fsp3) is 0.500. The van der Waals surface area contributed by atoms with E-state index >= 15 is 0 Å². The van der Waals surface area contributed by atoms with Crippen molar-refractivity contribution >= 4 is 35.6 Å². The molecule has 2 rings (SSSR count). The predicted molar refractivity (Wildman–Crippen MR) is 93.3 cm³/mol. The standard InChI is InChI=1S/C16H23N3O3.ClH/c1-22-10-8-17-12-15(20)18-13-5-4-6-14(11-13)19-9-3-2-7-16(19)21;/h4-6,11,17H,2-3,7-10,12H2,1H3,(H,18,20);1H. The van der Waals surface area contributed by atoms with E-state index in [-0.39, 0.29) is 30.8 Å². The summed E-state index contributed by atoms with van der Waals surface area (Å²) in [5.74, 6) is 0.0363. The van der Waals surface area contributed by atoms with Crippen molar-refractivity contribution in [1.82, 2.24) is 5.32 Å². The van der Waals surface area contributed by atoms with Gasteiger partial charge in [-0.2, -0.15) is 0 Å². The molecule has 1 aliphatic heterocycles. The van der Waals surface area contributed by atoms with Crippen LogP contribution in [0.25, 0.3) is 0 Å². The molecule has 0 unspecified atom stereocenters. The van der Waals surface area contributed by atoms with E-state index in [9.17, 15) is 9.59 Å². The number of amides is 2. The second-order valence-corrected chi connectivity index (χ2v) is 5.27. The van der Waals surface area contributed by atoms with Gasteiger partial charge in [0.1, 0.15) is 0 Å². The van der Waals surface area contributed by atoms with Crippen LogP contribution < -0.4 is 15.5 Å². The molecule has 6 nitrogen and oxygen atoms in total. The average molecular weight is 342 g/mol. The lowest BCUT2D eigenvalue weighted by Crippen LogP contribution is -2.35. The maximum Gasteiger partial charge on any atom is 0.238 e. The van der Waals surface area contributed by atoms with E-state index in [1.807, 2.05) is 24.3 Å². The number of piperidine rings is 1. The second kappa shape index (κ2) is 10.2. The highest BCUT2D eigenvalue weighted by Crippen LogP contribution is 2.23. The van der Waals surface area contributed by atoms with Crippen LogP contribution in [0.4, 0.5) is 11.4 Å². The molecule has 0 atom stereocenters. The molecule has 1 aliphatic rings. The Kier molecular flexibility index (Phi) is 8.61. The summed E-state index contributed by atoms with van der Waals surface area (Å²) in [5, 5.41) is 5.82. The Morgan fingerprint density at radius 3 is 2.91 bits per heavy atom. The number of methoxy groups -OCH3 is 1. The summed E-state index contributed by atoms with van der Waals surface area (Å²) in [4.78, 5) is 25.6. The van der Waals surface area contributed by atoms with Crippen molar-refractivity contribution in [2.45, 2.75) is 19.3 Å². The third kappa shape index (κ3) is 6.17. The van der Waals surface area contributed by atoms with Crippen LogP contribution in [0, 0.1) is 0 Å². The highest BCUT2D eigenvalue weighted by molar-refractivity contribution is 5.96. The summed E-state index contributed by atoms with van der Waals surface area (Å²) in [5.41, 5.74) is 1.55. The lowest BCUT2D eigenvalue weighted by Gasteiger charge is -2.27. The fourth-order valence-corrected chi connectivity index (χ4v) is 2.41. The van der Waals surface area contributed by atoms with Crippen molar-refractivity contribution in [3.63, 3.8) is 0 Å². The van der Waals surface area contributed by atoms with Crippen LogP contribution in [0.1, 0.15) is 19.3 Å². The maximum absolute atomic E-state index is 11.9. The van der Waals surface area contributed by atoms with E-state index in [0.29, 0.717) is 25.3 Å². The number of ether oxygens (including phenoxy) is 1. The number of rotatable bonds is 7. The van der Waals surface area contributed by atoms with Gasteiger partial charge in [0, 0.05) is 38.0 Å². The summed E-state index contributed by atoms with van der Waals surface area (Å²) in [6.07, 6.45) is 2.57. The minimum Gasteiger partial charge on any atom is -0.383 e. The van der Waals surface area contributed by atoms with E-state index in [4.69, 9.17) is 4.74 Å². The first kappa shape index (κ1) is 19.4. The van der Waals surface area contributed by atoms with Gasteiger partial charge in [0.25, 0.3) is 0 Å². The number of nitrogens with zero attached hydrogens (tertiary/aromatic N) is 1. The molecule has 7 heteroatoms. The topological polar surface area (TPSA) is 70.7 Å². The highest BCUT2D eigenvalue weighted by atomic mass is 35.5. The summed E-state index contributed by atoms with van der Waals surface area (Å²) in [7, 11) is 1.62. The van der Waals surface area contributed by atoms with Gasteiger partial charge in [-0.05, 0) is 31.0 Å². The predicted octanol–water partition coefficient (Wildman–Crippen LogP) is 1.80. The highest BCUT2D eigenvalue weighted by Gasteiger charge is 2.19. The Balaban J connectivity index is 0.00000264. The zero-order valence-electron chi connectivity index (χ0n) is 13.3. The van der Waals surface area contributed by atoms with Crippen LogP contribution in [0.3, 0.4) is 0 Å². The van der Waals surface area contributed by atoms with E-state index in [1.54, 1.807) is 12.0 Å². The zero-order valence-corrected chi connectivity index (χ0v) is 14.2. The van der Waals surface area contributed by atoms with Crippen molar-refractivity contribution in [3.8, 4) is 0 Å². The van der Waals surface area contributed by atoms with Gasteiger partial charge in [0.15, 0.2) is 0 Å². The van der Waals surface area contributed by atoms with Crippen LogP contribution in [-0.4, -0.2) is 45.2 Å². The first-order valence-electron chi connectivity index (χ1n) is 7.60.